The van der Waals surface area contributed by atoms with Crippen molar-refractivity contribution in [2.24, 2.45) is 0 Å². The Morgan fingerprint density at radius 1 is 1.05 bits per heavy atom. The molecule has 0 aliphatic carbocycles. The third kappa shape index (κ3) is 4.72. The summed E-state index contributed by atoms with van der Waals surface area (Å²) in [6, 6.07) is 13.7. The van der Waals surface area contributed by atoms with Crippen LogP contribution in [0.15, 0.2) is 65.2 Å². The van der Waals surface area contributed by atoms with E-state index in [-0.39, 0.29) is 5.75 Å². The molecule has 0 heterocycles. The van der Waals surface area contributed by atoms with Crippen molar-refractivity contribution in [1.82, 2.24) is 0 Å². The number of nitrogens with one attached hydrogen (secondary N) is 1. The first-order chi connectivity index (χ1) is 10.6. The summed E-state index contributed by atoms with van der Waals surface area (Å²) in [5.41, 5.74) is 0.608. The highest BCUT2D eigenvalue weighted by Crippen LogP contribution is 2.23. The number of benzene rings is 2. The van der Waals surface area contributed by atoms with E-state index < -0.39 is 11.9 Å². The Hall–Kier alpha value is -2.11. The maximum Gasteiger partial charge on any atom is 0.336 e. The highest BCUT2D eigenvalue weighted by molar-refractivity contribution is 9.10. The van der Waals surface area contributed by atoms with Crippen molar-refractivity contribution >= 4 is 45.1 Å². The minimum atomic E-state index is -0.685. The molecule has 2 aromatic carbocycles. The van der Waals surface area contributed by atoms with Crippen LogP contribution >= 0.6 is 27.5 Å². The fourth-order valence-electron chi connectivity index (χ4n) is 1.55. The molecular formula is C16H11BrClNO3. The van der Waals surface area contributed by atoms with Gasteiger partial charge in [-0.05, 0) is 40.2 Å². The first-order valence-corrected chi connectivity index (χ1v) is 7.43. The molecule has 0 spiro atoms. The monoisotopic (exact) mass is 379 g/mol. The molecule has 112 valence electrons. The summed E-state index contributed by atoms with van der Waals surface area (Å²) in [6.07, 6.45) is 2.13. The highest BCUT2D eigenvalue weighted by Gasteiger charge is 2.06. The van der Waals surface area contributed by atoms with E-state index in [1.807, 2.05) is 6.07 Å². The first-order valence-electron chi connectivity index (χ1n) is 6.26. The normalized spacial score (nSPS) is 10.5. The summed E-state index contributed by atoms with van der Waals surface area (Å²) < 4.78 is 5.77. The van der Waals surface area contributed by atoms with Gasteiger partial charge in [-0.25, -0.2) is 4.79 Å². The molecule has 4 nitrogen and oxygen atoms in total. The fraction of sp³-hybridized carbons (Fsp3) is 0. The van der Waals surface area contributed by atoms with E-state index in [1.165, 1.54) is 0 Å². The predicted octanol–water partition coefficient (Wildman–Crippen LogP) is 4.20. The Morgan fingerprint density at radius 3 is 2.45 bits per heavy atom. The smallest absolute Gasteiger partial charge is 0.336 e. The Morgan fingerprint density at radius 2 is 1.73 bits per heavy atom. The molecule has 22 heavy (non-hydrogen) atoms. The largest absolute Gasteiger partial charge is 0.422 e. The number of carbonyl (C=O) groups excluding carboxylic acids is 2. The number of rotatable bonds is 4. The second-order valence-corrected chi connectivity index (χ2v) is 5.42. The van der Waals surface area contributed by atoms with Crippen LogP contribution in [-0.4, -0.2) is 11.9 Å². The first kappa shape index (κ1) is 16.3. The molecule has 0 atom stereocenters. The van der Waals surface area contributed by atoms with Gasteiger partial charge in [-0.2, -0.15) is 0 Å². The van der Waals surface area contributed by atoms with Gasteiger partial charge in [0.25, 0.3) is 0 Å². The Kier molecular flexibility index (Phi) is 5.75. The van der Waals surface area contributed by atoms with Crippen LogP contribution in [0.5, 0.6) is 5.75 Å². The quantitative estimate of drug-likeness (QED) is 0.491. The van der Waals surface area contributed by atoms with Crippen LogP contribution in [0.1, 0.15) is 0 Å². The van der Waals surface area contributed by atoms with Gasteiger partial charge in [0, 0.05) is 16.6 Å². The minimum absolute atomic E-state index is 0.241. The molecule has 0 unspecified atom stereocenters. The van der Waals surface area contributed by atoms with E-state index in [1.54, 1.807) is 42.5 Å². The molecule has 0 bridgehead atoms. The minimum Gasteiger partial charge on any atom is -0.422 e. The molecule has 2 rings (SSSR count). The van der Waals surface area contributed by atoms with Gasteiger partial charge < -0.3 is 10.1 Å². The van der Waals surface area contributed by atoms with Crippen LogP contribution in [0, 0.1) is 0 Å². The summed E-state index contributed by atoms with van der Waals surface area (Å²) in [4.78, 5) is 23.4. The van der Waals surface area contributed by atoms with Crippen molar-refractivity contribution in [3.63, 3.8) is 0 Å². The molecule has 0 aliphatic heterocycles. The predicted molar refractivity (Wildman–Crippen MR) is 89.0 cm³/mol. The average Bonchev–Trinajstić information content (AvgIpc) is 2.50. The van der Waals surface area contributed by atoms with Crippen LogP contribution in [0.4, 0.5) is 5.69 Å². The number of hydrogen-bond donors (Lipinski definition) is 1. The van der Waals surface area contributed by atoms with Crippen LogP contribution in [0.25, 0.3) is 0 Å². The SMILES string of the molecule is O=C(/C=C/C(=O)Oc1ccccc1Cl)Nc1ccccc1Br. The molecule has 0 aliphatic rings. The van der Waals surface area contributed by atoms with Crippen molar-refractivity contribution in [2.75, 3.05) is 5.32 Å². The van der Waals surface area contributed by atoms with E-state index in [0.29, 0.717) is 10.7 Å². The Balaban J connectivity index is 1.94. The van der Waals surface area contributed by atoms with Crippen LogP contribution in [-0.2, 0) is 9.59 Å². The summed E-state index contributed by atoms with van der Waals surface area (Å²) in [5.74, 6) is -0.886. The zero-order valence-electron chi connectivity index (χ0n) is 11.3. The molecule has 0 fully saturated rings. The molecule has 0 aromatic heterocycles. The zero-order valence-corrected chi connectivity index (χ0v) is 13.6. The van der Waals surface area contributed by atoms with Gasteiger partial charge in [0.1, 0.15) is 5.75 Å². The number of amides is 1. The van der Waals surface area contributed by atoms with Crippen LogP contribution in [0.2, 0.25) is 5.02 Å². The molecular weight excluding hydrogens is 370 g/mol. The summed E-state index contributed by atoms with van der Waals surface area (Å²) in [5, 5.41) is 2.96. The maximum absolute atomic E-state index is 11.7. The number of hydrogen-bond acceptors (Lipinski definition) is 3. The second kappa shape index (κ2) is 7.77. The fourth-order valence-corrected chi connectivity index (χ4v) is 2.11. The third-order valence-corrected chi connectivity index (χ3v) is 3.55. The number of ether oxygens (including phenoxy) is 1. The highest BCUT2D eigenvalue weighted by atomic mass is 79.9. The lowest BCUT2D eigenvalue weighted by atomic mass is 10.3. The van der Waals surface area contributed by atoms with Gasteiger partial charge in [0.05, 0.1) is 10.7 Å². The molecule has 1 amide bonds. The lowest BCUT2D eigenvalue weighted by Gasteiger charge is -2.04. The van der Waals surface area contributed by atoms with Crippen molar-refractivity contribution in [1.29, 1.82) is 0 Å². The van der Waals surface area contributed by atoms with Gasteiger partial charge in [-0.1, -0.05) is 35.9 Å². The maximum atomic E-state index is 11.7. The van der Waals surface area contributed by atoms with Crippen molar-refractivity contribution in [3.8, 4) is 5.75 Å². The topological polar surface area (TPSA) is 55.4 Å². The lowest BCUT2D eigenvalue weighted by Crippen LogP contribution is -2.11. The molecule has 6 heteroatoms. The third-order valence-electron chi connectivity index (χ3n) is 2.55. The summed E-state index contributed by atoms with van der Waals surface area (Å²) in [6.45, 7) is 0. The van der Waals surface area contributed by atoms with Crippen molar-refractivity contribution < 1.29 is 14.3 Å². The van der Waals surface area contributed by atoms with E-state index in [2.05, 4.69) is 21.2 Å². The van der Waals surface area contributed by atoms with E-state index >= 15 is 0 Å². The number of para-hydroxylation sites is 2. The number of halogens is 2. The molecule has 0 radical (unpaired) electrons. The van der Waals surface area contributed by atoms with Crippen molar-refractivity contribution in [3.05, 3.63) is 70.2 Å². The zero-order chi connectivity index (χ0) is 15.9. The van der Waals surface area contributed by atoms with E-state index in [9.17, 15) is 9.59 Å². The standard InChI is InChI=1S/C16H11BrClNO3/c17-11-5-1-3-7-13(11)19-15(20)9-10-16(21)22-14-8-4-2-6-12(14)18/h1-10H,(H,19,20)/b10-9+. The van der Waals surface area contributed by atoms with Crippen LogP contribution in [0.3, 0.4) is 0 Å². The molecule has 2 aromatic rings. The van der Waals surface area contributed by atoms with Crippen LogP contribution < -0.4 is 10.1 Å². The lowest BCUT2D eigenvalue weighted by molar-refractivity contribution is -0.129. The van der Waals surface area contributed by atoms with E-state index in [0.717, 1.165) is 16.6 Å². The number of carbonyl (C=O) groups is 2. The second-order valence-electron chi connectivity index (χ2n) is 4.15. The summed E-state index contributed by atoms with van der Waals surface area (Å²) >= 11 is 9.18. The Labute approximate surface area is 140 Å². The summed E-state index contributed by atoms with van der Waals surface area (Å²) in [7, 11) is 0. The molecule has 0 saturated heterocycles. The van der Waals surface area contributed by atoms with Crippen molar-refractivity contribution in [2.45, 2.75) is 0 Å². The van der Waals surface area contributed by atoms with Gasteiger partial charge in [0.2, 0.25) is 5.91 Å². The Bertz CT molecular complexity index is 669. The number of anilines is 1. The van der Waals surface area contributed by atoms with Gasteiger partial charge in [-0.15, -0.1) is 0 Å². The van der Waals surface area contributed by atoms with Gasteiger partial charge in [-0.3, -0.25) is 4.79 Å². The number of esters is 1. The van der Waals surface area contributed by atoms with Gasteiger partial charge >= 0.3 is 5.97 Å². The molecule has 1 N–H and O–H groups in total. The van der Waals surface area contributed by atoms with Gasteiger partial charge in [0.15, 0.2) is 0 Å². The average molecular weight is 381 g/mol. The van der Waals surface area contributed by atoms with E-state index in [4.69, 9.17) is 16.3 Å². The molecule has 0 saturated carbocycles.